The zero-order valence-electron chi connectivity index (χ0n) is 18.3. The van der Waals surface area contributed by atoms with Gasteiger partial charge in [-0.25, -0.2) is 4.39 Å². The van der Waals surface area contributed by atoms with Gasteiger partial charge in [-0.3, -0.25) is 0 Å². The fraction of sp³-hybridized carbons (Fsp3) is 0.292. The zero-order chi connectivity index (χ0) is 22.7. The van der Waals surface area contributed by atoms with Gasteiger partial charge in [-0.05, 0) is 67.5 Å². The summed E-state index contributed by atoms with van der Waals surface area (Å²) in [5.41, 5.74) is 3.51. The standard InChI is InChI=1S/C24H25FN4O2S/c1-4-5-14-29-15(2)20(21(26-24(29)32)16-8-12-19(30-3)13-9-16)23-27-22(28-31-23)17-6-10-18(25)11-7-17/h6-13,21H,4-5,14H2,1-3H3,(H,26,32). The highest BCUT2D eigenvalue weighted by Crippen LogP contribution is 2.38. The number of ether oxygens (including phenoxy) is 1. The summed E-state index contributed by atoms with van der Waals surface area (Å²) in [5.74, 6) is 1.27. The first-order chi connectivity index (χ1) is 15.5. The smallest absolute Gasteiger partial charge is 0.258 e. The lowest BCUT2D eigenvalue weighted by molar-refractivity contribution is 0.395. The van der Waals surface area contributed by atoms with E-state index in [0.29, 0.717) is 22.4 Å². The minimum absolute atomic E-state index is 0.257. The van der Waals surface area contributed by atoms with Gasteiger partial charge in [-0.1, -0.05) is 30.6 Å². The maximum atomic E-state index is 13.3. The lowest BCUT2D eigenvalue weighted by Crippen LogP contribution is -2.46. The van der Waals surface area contributed by atoms with Crippen molar-refractivity contribution in [3.05, 3.63) is 71.5 Å². The molecule has 0 radical (unpaired) electrons. The highest BCUT2D eigenvalue weighted by Gasteiger charge is 2.33. The quantitative estimate of drug-likeness (QED) is 0.485. The first-order valence-electron chi connectivity index (χ1n) is 10.5. The number of nitrogens with zero attached hydrogens (tertiary/aromatic N) is 3. The Morgan fingerprint density at radius 2 is 1.88 bits per heavy atom. The second-order valence-corrected chi connectivity index (χ2v) is 7.98. The molecule has 4 rings (SSSR count). The van der Waals surface area contributed by atoms with Crippen LogP contribution in [0.3, 0.4) is 0 Å². The number of rotatable bonds is 7. The Balaban J connectivity index is 1.77. The van der Waals surface area contributed by atoms with Gasteiger partial charge in [0.05, 0.1) is 18.7 Å². The van der Waals surface area contributed by atoms with Crippen LogP contribution in [0.5, 0.6) is 5.75 Å². The second-order valence-electron chi connectivity index (χ2n) is 7.59. The van der Waals surface area contributed by atoms with Crippen molar-refractivity contribution in [1.82, 2.24) is 20.4 Å². The Kier molecular flexibility index (Phi) is 6.50. The molecule has 1 aliphatic rings. The minimum atomic E-state index is -0.313. The van der Waals surface area contributed by atoms with Gasteiger partial charge in [0.25, 0.3) is 5.89 Å². The van der Waals surface area contributed by atoms with Crippen LogP contribution in [0.25, 0.3) is 17.0 Å². The van der Waals surface area contributed by atoms with Crippen LogP contribution in [0, 0.1) is 5.82 Å². The summed E-state index contributed by atoms with van der Waals surface area (Å²) < 4.78 is 24.3. The van der Waals surface area contributed by atoms with Crippen LogP contribution in [0.15, 0.2) is 58.8 Å². The Hall–Kier alpha value is -3.26. The molecular formula is C24H25FN4O2S. The molecule has 3 aromatic rings. The average Bonchev–Trinajstić information content (AvgIpc) is 3.29. The van der Waals surface area contributed by atoms with Crippen molar-refractivity contribution in [2.45, 2.75) is 32.7 Å². The van der Waals surface area contributed by atoms with Crippen LogP contribution in [0.2, 0.25) is 0 Å². The number of hydrogen-bond donors (Lipinski definition) is 1. The van der Waals surface area contributed by atoms with Gasteiger partial charge in [-0.15, -0.1) is 0 Å². The van der Waals surface area contributed by atoms with Gasteiger partial charge >= 0.3 is 0 Å². The summed E-state index contributed by atoms with van der Waals surface area (Å²) in [7, 11) is 1.64. The molecular weight excluding hydrogens is 427 g/mol. The van der Waals surface area contributed by atoms with Crippen molar-refractivity contribution in [3.63, 3.8) is 0 Å². The number of benzene rings is 2. The van der Waals surface area contributed by atoms with Crippen molar-refractivity contribution in [1.29, 1.82) is 0 Å². The molecule has 0 fully saturated rings. The first-order valence-corrected chi connectivity index (χ1v) is 11.0. The van der Waals surface area contributed by atoms with E-state index in [1.165, 1.54) is 12.1 Å². The van der Waals surface area contributed by atoms with Gasteiger partial charge in [0.15, 0.2) is 5.11 Å². The van der Waals surface area contributed by atoms with E-state index in [0.717, 1.165) is 42.0 Å². The number of halogens is 1. The molecule has 1 aliphatic heterocycles. The summed E-state index contributed by atoms with van der Waals surface area (Å²) in [5, 5.41) is 8.26. The molecule has 1 atom stereocenters. The van der Waals surface area contributed by atoms with Gasteiger partial charge < -0.3 is 19.5 Å². The molecule has 1 N–H and O–H groups in total. The van der Waals surface area contributed by atoms with Crippen molar-refractivity contribution in [2.24, 2.45) is 0 Å². The number of aromatic nitrogens is 2. The van der Waals surface area contributed by atoms with Crippen LogP contribution in [-0.2, 0) is 0 Å². The topological polar surface area (TPSA) is 63.4 Å². The van der Waals surface area contributed by atoms with E-state index in [4.69, 9.17) is 21.5 Å². The highest BCUT2D eigenvalue weighted by molar-refractivity contribution is 7.80. The molecule has 1 aromatic heterocycles. The molecule has 166 valence electrons. The van der Waals surface area contributed by atoms with Crippen LogP contribution in [0.1, 0.15) is 44.2 Å². The Bertz CT molecular complexity index is 1130. The summed E-state index contributed by atoms with van der Waals surface area (Å²) in [6.45, 7) is 4.97. The van der Waals surface area contributed by atoms with Gasteiger partial charge in [0, 0.05) is 17.8 Å². The van der Waals surface area contributed by atoms with E-state index < -0.39 is 0 Å². The molecule has 8 heteroatoms. The number of methoxy groups -OCH3 is 1. The molecule has 0 saturated heterocycles. The predicted molar refractivity (Wildman–Crippen MR) is 125 cm³/mol. The van der Waals surface area contributed by atoms with E-state index in [1.807, 2.05) is 31.2 Å². The Morgan fingerprint density at radius 3 is 2.53 bits per heavy atom. The predicted octanol–water partition coefficient (Wildman–Crippen LogP) is 5.35. The maximum absolute atomic E-state index is 13.3. The SMILES string of the molecule is CCCCN1C(=S)NC(c2ccc(OC)cc2)C(c2nc(-c3ccc(F)cc3)no2)=C1C. The molecule has 0 amide bonds. The largest absolute Gasteiger partial charge is 0.497 e. The van der Waals surface area contributed by atoms with Crippen molar-refractivity contribution in [2.75, 3.05) is 13.7 Å². The molecule has 0 aliphatic carbocycles. The lowest BCUT2D eigenvalue weighted by Gasteiger charge is -2.37. The molecule has 6 nitrogen and oxygen atoms in total. The van der Waals surface area contributed by atoms with Crippen molar-refractivity contribution >= 4 is 22.9 Å². The number of allylic oxidation sites excluding steroid dienone is 1. The van der Waals surface area contributed by atoms with Crippen molar-refractivity contribution in [3.8, 4) is 17.1 Å². The van der Waals surface area contributed by atoms with Crippen molar-refractivity contribution < 1.29 is 13.7 Å². The normalized spacial score (nSPS) is 16.3. The molecule has 1 unspecified atom stereocenters. The molecule has 2 heterocycles. The van der Waals surface area contributed by atoms with E-state index in [2.05, 4.69) is 27.3 Å². The fourth-order valence-electron chi connectivity index (χ4n) is 3.74. The highest BCUT2D eigenvalue weighted by atomic mass is 32.1. The Morgan fingerprint density at radius 1 is 1.16 bits per heavy atom. The first kappa shape index (κ1) is 22.0. The number of nitrogens with one attached hydrogen (secondary N) is 1. The molecule has 0 bridgehead atoms. The van der Waals surface area contributed by atoms with E-state index >= 15 is 0 Å². The van der Waals surface area contributed by atoms with Crippen LogP contribution < -0.4 is 10.1 Å². The number of hydrogen-bond acceptors (Lipinski definition) is 5. The molecule has 0 spiro atoms. The summed E-state index contributed by atoms with van der Waals surface area (Å²) in [6, 6.07) is 13.6. The summed E-state index contributed by atoms with van der Waals surface area (Å²) in [4.78, 5) is 6.72. The van der Waals surface area contributed by atoms with E-state index in [1.54, 1.807) is 19.2 Å². The maximum Gasteiger partial charge on any atom is 0.258 e. The van der Waals surface area contributed by atoms with E-state index in [9.17, 15) is 4.39 Å². The van der Waals surface area contributed by atoms with Crippen LogP contribution >= 0.6 is 12.2 Å². The van der Waals surface area contributed by atoms with Crippen LogP contribution in [-0.4, -0.2) is 33.8 Å². The monoisotopic (exact) mass is 452 g/mol. The number of unbranched alkanes of at least 4 members (excludes halogenated alkanes) is 1. The minimum Gasteiger partial charge on any atom is -0.497 e. The summed E-state index contributed by atoms with van der Waals surface area (Å²) >= 11 is 5.69. The third-order valence-corrected chi connectivity index (χ3v) is 5.88. The average molecular weight is 453 g/mol. The molecule has 32 heavy (non-hydrogen) atoms. The fourth-order valence-corrected chi connectivity index (χ4v) is 4.09. The molecule has 0 saturated carbocycles. The lowest BCUT2D eigenvalue weighted by atomic mass is 9.94. The van der Waals surface area contributed by atoms with Crippen LogP contribution in [0.4, 0.5) is 4.39 Å². The third kappa shape index (κ3) is 4.36. The zero-order valence-corrected chi connectivity index (χ0v) is 19.1. The second kappa shape index (κ2) is 9.48. The third-order valence-electron chi connectivity index (χ3n) is 5.54. The summed E-state index contributed by atoms with van der Waals surface area (Å²) in [6.07, 6.45) is 2.06. The molecule has 2 aromatic carbocycles. The van der Waals surface area contributed by atoms with Gasteiger partial charge in [0.1, 0.15) is 11.6 Å². The van der Waals surface area contributed by atoms with Gasteiger partial charge in [-0.2, -0.15) is 4.98 Å². The van der Waals surface area contributed by atoms with Gasteiger partial charge in [0.2, 0.25) is 5.82 Å². The number of thiocarbonyl (C=S) groups is 1. The van der Waals surface area contributed by atoms with E-state index in [-0.39, 0.29) is 11.9 Å². The Labute approximate surface area is 192 Å².